The molecule has 4 rings (SSSR count). The second-order valence-corrected chi connectivity index (χ2v) is 8.47. The normalized spacial score (nSPS) is 23.4. The van der Waals surface area contributed by atoms with Gasteiger partial charge in [-0.3, -0.25) is 14.6 Å². The van der Waals surface area contributed by atoms with Gasteiger partial charge >= 0.3 is 0 Å². The molecule has 2 amide bonds. The maximum atomic E-state index is 12.8. The van der Waals surface area contributed by atoms with Gasteiger partial charge in [0, 0.05) is 44.2 Å². The van der Waals surface area contributed by atoms with Crippen molar-refractivity contribution in [2.45, 2.75) is 39.2 Å². The van der Waals surface area contributed by atoms with E-state index in [0.29, 0.717) is 18.1 Å². The second kappa shape index (κ2) is 6.92. The van der Waals surface area contributed by atoms with Crippen molar-refractivity contribution in [3.8, 4) is 11.5 Å². The van der Waals surface area contributed by atoms with Crippen molar-refractivity contribution in [1.82, 2.24) is 30.2 Å². The second-order valence-electron chi connectivity index (χ2n) is 8.47. The van der Waals surface area contributed by atoms with Gasteiger partial charge in [-0.1, -0.05) is 13.8 Å². The van der Waals surface area contributed by atoms with Crippen LogP contribution < -0.4 is 5.32 Å². The summed E-state index contributed by atoms with van der Waals surface area (Å²) in [4.78, 5) is 43.7. The minimum atomic E-state index is -0.300. The summed E-state index contributed by atoms with van der Waals surface area (Å²) in [5.74, 6) is 0.175. The van der Waals surface area contributed by atoms with E-state index in [-0.39, 0.29) is 35.6 Å². The van der Waals surface area contributed by atoms with Gasteiger partial charge in [0.2, 0.25) is 11.8 Å². The van der Waals surface area contributed by atoms with Gasteiger partial charge in [-0.2, -0.15) is 0 Å². The first-order valence-corrected chi connectivity index (χ1v) is 9.49. The number of hydrogen-bond donors (Lipinski definition) is 1. The lowest BCUT2D eigenvalue weighted by atomic mass is 9.74. The van der Waals surface area contributed by atoms with Crippen LogP contribution in [0.3, 0.4) is 0 Å². The van der Waals surface area contributed by atoms with Crippen molar-refractivity contribution >= 4 is 11.8 Å². The molecule has 146 valence electrons. The van der Waals surface area contributed by atoms with Crippen LogP contribution in [0.1, 0.15) is 44.0 Å². The van der Waals surface area contributed by atoms with Crippen molar-refractivity contribution in [3.05, 3.63) is 36.0 Å². The smallest absolute Gasteiger partial charge is 0.225 e. The maximum Gasteiger partial charge on any atom is 0.225 e. The van der Waals surface area contributed by atoms with E-state index in [2.05, 4.69) is 34.1 Å². The van der Waals surface area contributed by atoms with Gasteiger partial charge in [0.05, 0.1) is 23.9 Å². The SMILES string of the molecule is CN1CC(C(=O)NC2CC(C)(C)Cc3nc(-c4cnccn4)ncc32)CC1=O. The Labute approximate surface area is 163 Å². The molecule has 0 radical (unpaired) electrons. The van der Waals surface area contributed by atoms with E-state index in [4.69, 9.17) is 4.98 Å². The molecule has 0 aromatic carbocycles. The Hall–Kier alpha value is -2.90. The fraction of sp³-hybridized carbons (Fsp3) is 0.500. The summed E-state index contributed by atoms with van der Waals surface area (Å²) in [5, 5.41) is 3.15. The highest BCUT2D eigenvalue weighted by atomic mass is 16.2. The Morgan fingerprint density at radius 3 is 2.75 bits per heavy atom. The lowest BCUT2D eigenvalue weighted by Gasteiger charge is -2.36. The Morgan fingerprint density at radius 1 is 1.25 bits per heavy atom. The van der Waals surface area contributed by atoms with Crippen LogP contribution >= 0.6 is 0 Å². The Balaban J connectivity index is 1.60. The molecule has 1 fully saturated rings. The Bertz CT molecular complexity index is 914. The molecule has 2 aromatic heterocycles. The van der Waals surface area contributed by atoms with Crippen molar-refractivity contribution < 1.29 is 9.59 Å². The fourth-order valence-corrected chi connectivity index (χ4v) is 4.04. The number of fused-ring (bicyclic) bond motifs is 1. The lowest BCUT2D eigenvalue weighted by molar-refractivity contribution is -0.128. The van der Waals surface area contributed by atoms with Gasteiger partial charge in [-0.15, -0.1) is 0 Å². The quantitative estimate of drug-likeness (QED) is 0.867. The first-order chi connectivity index (χ1) is 13.3. The van der Waals surface area contributed by atoms with Crippen LogP contribution in [0, 0.1) is 11.3 Å². The predicted octanol–water partition coefficient (Wildman–Crippen LogP) is 1.54. The van der Waals surface area contributed by atoms with Crippen LogP contribution in [0.2, 0.25) is 0 Å². The van der Waals surface area contributed by atoms with E-state index in [1.54, 1.807) is 36.7 Å². The summed E-state index contributed by atoms with van der Waals surface area (Å²) in [5.41, 5.74) is 2.48. The van der Waals surface area contributed by atoms with Crippen molar-refractivity contribution in [2.24, 2.45) is 11.3 Å². The molecule has 28 heavy (non-hydrogen) atoms. The number of likely N-dealkylation sites (tertiary alicyclic amines) is 1. The molecule has 2 unspecified atom stereocenters. The number of carbonyl (C=O) groups excluding carboxylic acids is 2. The first kappa shape index (κ1) is 18.5. The van der Waals surface area contributed by atoms with Crippen LogP contribution in [-0.4, -0.2) is 50.2 Å². The molecule has 0 saturated carbocycles. The molecule has 1 saturated heterocycles. The number of rotatable bonds is 3. The number of aromatic nitrogens is 4. The number of carbonyl (C=O) groups is 2. The molecule has 1 N–H and O–H groups in total. The molecule has 8 heteroatoms. The predicted molar refractivity (Wildman–Crippen MR) is 102 cm³/mol. The van der Waals surface area contributed by atoms with E-state index in [1.165, 1.54) is 0 Å². The molecule has 3 heterocycles. The van der Waals surface area contributed by atoms with Crippen molar-refractivity contribution in [3.63, 3.8) is 0 Å². The van der Waals surface area contributed by atoms with Crippen molar-refractivity contribution in [1.29, 1.82) is 0 Å². The molecular formula is C20H24N6O2. The minimum Gasteiger partial charge on any atom is -0.349 e. The molecule has 2 atom stereocenters. The third-order valence-corrected chi connectivity index (χ3v) is 5.50. The molecular weight excluding hydrogens is 356 g/mol. The van der Waals surface area contributed by atoms with Crippen molar-refractivity contribution in [2.75, 3.05) is 13.6 Å². The number of hydrogen-bond acceptors (Lipinski definition) is 6. The molecule has 2 aromatic rings. The summed E-state index contributed by atoms with van der Waals surface area (Å²) in [7, 11) is 1.73. The summed E-state index contributed by atoms with van der Waals surface area (Å²) in [6.07, 6.45) is 8.53. The monoisotopic (exact) mass is 380 g/mol. The van der Waals surface area contributed by atoms with Gasteiger partial charge in [0.25, 0.3) is 0 Å². The van der Waals surface area contributed by atoms with Gasteiger partial charge in [0.15, 0.2) is 5.82 Å². The van der Waals surface area contributed by atoms with Crippen LogP contribution in [0.5, 0.6) is 0 Å². The number of nitrogens with one attached hydrogen (secondary N) is 1. The van der Waals surface area contributed by atoms with Gasteiger partial charge in [0.1, 0.15) is 5.69 Å². The topological polar surface area (TPSA) is 101 Å². The molecule has 1 aliphatic carbocycles. The first-order valence-electron chi connectivity index (χ1n) is 9.49. The number of nitrogens with zero attached hydrogens (tertiary/aromatic N) is 5. The fourth-order valence-electron chi connectivity index (χ4n) is 4.04. The average Bonchev–Trinajstić information content (AvgIpc) is 3.00. The lowest BCUT2D eigenvalue weighted by Crippen LogP contribution is -2.40. The summed E-state index contributed by atoms with van der Waals surface area (Å²) < 4.78 is 0. The average molecular weight is 380 g/mol. The van der Waals surface area contributed by atoms with Gasteiger partial charge < -0.3 is 10.2 Å². The van der Waals surface area contributed by atoms with E-state index in [1.807, 2.05) is 0 Å². The van der Waals surface area contributed by atoms with E-state index in [0.717, 1.165) is 24.1 Å². The zero-order valence-electron chi connectivity index (χ0n) is 16.3. The van der Waals surface area contributed by atoms with Crippen LogP contribution in [0.15, 0.2) is 24.8 Å². The zero-order chi connectivity index (χ0) is 19.9. The van der Waals surface area contributed by atoms with E-state index in [9.17, 15) is 9.59 Å². The van der Waals surface area contributed by atoms with Crippen LogP contribution in [0.4, 0.5) is 0 Å². The standard InChI is InChI=1S/C20H24N6O2/c1-20(2)7-14-13(9-23-18(24-14)16-10-21-4-5-22-16)15(8-20)25-19(28)12-6-17(27)26(3)11-12/h4-5,9-10,12,15H,6-8,11H2,1-3H3,(H,25,28). The molecule has 2 aliphatic rings. The molecule has 8 nitrogen and oxygen atoms in total. The molecule has 1 aliphatic heterocycles. The highest BCUT2D eigenvalue weighted by Crippen LogP contribution is 2.40. The molecule has 0 spiro atoms. The van der Waals surface area contributed by atoms with Gasteiger partial charge in [-0.25, -0.2) is 15.0 Å². The molecule has 0 bridgehead atoms. The highest BCUT2D eigenvalue weighted by Gasteiger charge is 2.38. The maximum absolute atomic E-state index is 12.8. The largest absolute Gasteiger partial charge is 0.349 e. The summed E-state index contributed by atoms with van der Waals surface area (Å²) >= 11 is 0. The Morgan fingerprint density at radius 2 is 2.07 bits per heavy atom. The van der Waals surface area contributed by atoms with Crippen LogP contribution in [0.25, 0.3) is 11.5 Å². The summed E-state index contributed by atoms with van der Waals surface area (Å²) in [6.45, 7) is 4.81. The Kier molecular flexibility index (Phi) is 4.56. The zero-order valence-corrected chi connectivity index (χ0v) is 16.3. The summed E-state index contributed by atoms with van der Waals surface area (Å²) in [6, 6.07) is -0.164. The van der Waals surface area contributed by atoms with E-state index >= 15 is 0 Å². The van der Waals surface area contributed by atoms with Gasteiger partial charge in [-0.05, 0) is 18.3 Å². The highest BCUT2D eigenvalue weighted by molar-refractivity contribution is 5.89. The van der Waals surface area contributed by atoms with Crippen LogP contribution in [-0.2, 0) is 16.0 Å². The van der Waals surface area contributed by atoms with E-state index < -0.39 is 0 Å². The minimum absolute atomic E-state index is 0.0127. The number of amides is 2. The third kappa shape index (κ3) is 3.58. The third-order valence-electron chi connectivity index (χ3n) is 5.50.